The van der Waals surface area contributed by atoms with E-state index in [1.54, 1.807) is 0 Å². The fourth-order valence-corrected chi connectivity index (χ4v) is 2.01. The third kappa shape index (κ3) is 1.26. The van der Waals surface area contributed by atoms with Gasteiger partial charge in [0.25, 0.3) is 0 Å². The first-order valence-electron chi connectivity index (χ1n) is 4.67. The zero-order valence-electron chi connectivity index (χ0n) is 7.66. The molecule has 2 heterocycles. The maximum Gasteiger partial charge on any atom is 0.112 e. The van der Waals surface area contributed by atoms with E-state index in [-0.39, 0.29) is 18.3 Å². The van der Waals surface area contributed by atoms with E-state index >= 15 is 0 Å². The average molecular weight is 172 g/mol. The lowest BCUT2D eigenvalue weighted by atomic mass is 10.0. The Kier molecular flexibility index (Phi) is 2.35. The molecule has 12 heavy (non-hydrogen) atoms. The normalized spacial score (nSPS) is 46.5. The van der Waals surface area contributed by atoms with E-state index in [0.29, 0.717) is 12.5 Å². The molecule has 2 saturated heterocycles. The van der Waals surface area contributed by atoms with Crippen molar-refractivity contribution in [1.82, 2.24) is 0 Å². The molecule has 2 aliphatic heterocycles. The highest BCUT2D eigenvalue weighted by Crippen LogP contribution is 2.31. The van der Waals surface area contributed by atoms with E-state index in [1.165, 1.54) is 0 Å². The predicted octanol–water partition coefficient (Wildman–Crippen LogP) is 0.825. The molecule has 0 unspecified atom stereocenters. The van der Waals surface area contributed by atoms with Crippen LogP contribution in [0.1, 0.15) is 13.8 Å². The van der Waals surface area contributed by atoms with Gasteiger partial charge in [0.05, 0.1) is 19.3 Å². The van der Waals surface area contributed by atoms with Crippen LogP contribution in [0.4, 0.5) is 0 Å². The van der Waals surface area contributed by atoms with Crippen molar-refractivity contribution in [3.63, 3.8) is 0 Å². The Bertz CT molecular complexity index is 160. The molecule has 0 spiro atoms. The highest BCUT2D eigenvalue weighted by atomic mass is 16.6. The summed E-state index contributed by atoms with van der Waals surface area (Å²) in [5.74, 6) is 0.528. The Balaban J connectivity index is 1.96. The fourth-order valence-electron chi connectivity index (χ4n) is 2.01. The number of hydrogen-bond acceptors (Lipinski definition) is 3. The standard InChI is InChI=1S/C9H16O3/c1-3-10-7-5-12-8-6(2)4-11-9(7)8/h6-9H,3-5H2,1-2H3/t6-,7+,8-,9-/m1/s1. The molecule has 2 rings (SSSR count). The quantitative estimate of drug-likeness (QED) is 0.617. The van der Waals surface area contributed by atoms with Gasteiger partial charge in [-0.25, -0.2) is 0 Å². The SMILES string of the molecule is CCO[C@H]1CO[C@H]2[C@@H]1OC[C@H]2C. The molecule has 0 aliphatic carbocycles. The molecule has 2 fully saturated rings. The highest BCUT2D eigenvalue weighted by Gasteiger charge is 2.46. The molecular formula is C9H16O3. The zero-order valence-corrected chi connectivity index (χ0v) is 7.66. The molecule has 70 valence electrons. The molecule has 0 amide bonds. The summed E-state index contributed by atoms with van der Waals surface area (Å²) in [5, 5.41) is 0. The van der Waals surface area contributed by atoms with Gasteiger partial charge in [0, 0.05) is 12.5 Å². The summed E-state index contributed by atoms with van der Waals surface area (Å²) in [6.07, 6.45) is 0.645. The van der Waals surface area contributed by atoms with E-state index in [4.69, 9.17) is 14.2 Å². The van der Waals surface area contributed by atoms with Crippen LogP contribution in [-0.2, 0) is 14.2 Å². The summed E-state index contributed by atoms with van der Waals surface area (Å²) in [4.78, 5) is 0. The monoisotopic (exact) mass is 172 g/mol. The first-order chi connectivity index (χ1) is 5.83. The van der Waals surface area contributed by atoms with Gasteiger partial charge in [-0.2, -0.15) is 0 Å². The topological polar surface area (TPSA) is 27.7 Å². The first-order valence-corrected chi connectivity index (χ1v) is 4.67. The Hall–Kier alpha value is -0.120. The van der Waals surface area contributed by atoms with Gasteiger partial charge in [0.2, 0.25) is 0 Å². The zero-order chi connectivity index (χ0) is 8.55. The molecule has 4 atom stereocenters. The van der Waals surface area contributed by atoms with Gasteiger partial charge >= 0.3 is 0 Å². The second-order valence-electron chi connectivity index (χ2n) is 3.57. The Morgan fingerprint density at radius 3 is 2.75 bits per heavy atom. The van der Waals surface area contributed by atoms with Crippen molar-refractivity contribution < 1.29 is 14.2 Å². The van der Waals surface area contributed by atoms with Crippen molar-refractivity contribution in [2.45, 2.75) is 32.2 Å². The summed E-state index contributed by atoms with van der Waals surface area (Å²) in [7, 11) is 0. The molecule has 3 heteroatoms. The van der Waals surface area contributed by atoms with Crippen LogP contribution in [0.25, 0.3) is 0 Å². The highest BCUT2D eigenvalue weighted by molar-refractivity contribution is 4.93. The molecule has 0 aromatic carbocycles. The molecule has 0 aromatic heterocycles. The van der Waals surface area contributed by atoms with E-state index < -0.39 is 0 Å². The lowest BCUT2D eigenvalue weighted by Crippen LogP contribution is -2.30. The largest absolute Gasteiger partial charge is 0.373 e. The molecule has 2 aliphatic rings. The molecule has 0 N–H and O–H groups in total. The second kappa shape index (κ2) is 3.32. The van der Waals surface area contributed by atoms with Crippen molar-refractivity contribution in [2.24, 2.45) is 5.92 Å². The maximum atomic E-state index is 5.60. The van der Waals surface area contributed by atoms with Crippen molar-refractivity contribution in [1.29, 1.82) is 0 Å². The van der Waals surface area contributed by atoms with Crippen LogP contribution < -0.4 is 0 Å². The number of rotatable bonds is 2. The Labute approximate surface area is 73.0 Å². The summed E-state index contributed by atoms with van der Waals surface area (Å²) in [6.45, 7) is 6.44. The maximum absolute atomic E-state index is 5.60. The van der Waals surface area contributed by atoms with Gasteiger partial charge < -0.3 is 14.2 Å². The van der Waals surface area contributed by atoms with Gasteiger partial charge in [-0.15, -0.1) is 0 Å². The number of ether oxygens (including phenoxy) is 3. The molecule has 0 bridgehead atoms. The van der Waals surface area contributed by atoms with Gasteiger partial charge in [-0.05, 0) is 6.92 Å². The minimum Gasteiger partial charge on any atom is -0.373 e. The Morgan fingerprint density at radius 2 is 2.00 bits per heavy atom. The predicted molar refractivity (Wildman–Crippen MR) is 44.1 cm³/mol. The minimum absolute atomic E-state index is 0.171. The Morgan fingerprint density at radius 1 is 1.25 bits per heavy atom. The lowest BCUT2D eigenvalue weighted by Gasteiger charge is -2.15. The van der Waals surface area contributed by atoms with Gasteiger partial charge in [0.1, 0.15) is 12.2 Å². The van der Waals surface area contributed by atoms with Crippen LogP contribution in [0.15, 0.2) is 0 Å². The fraction of sp³-hybridized carbons (Fsp3) is 1.00. The summed E-state index contributed by atoms with van der Waals surface area (Å²) >= 11 is 0. The summed E-state index contributed by atoms with van der Waals surface area (Å²) in [5.41, 5.74) is 0. The summed E-state index contributed by atoms with van der Waals surface area (Å²) < 4.78 is 16.7. The van der Waals surface area contributed by atoms with Crippen LogP contribution in [0.5, 0.6) is 0 Å². The van der Waals surface area contributed by atoms with Crippen LogP contribution in [0.3, 0.4) is 0 Å². The molecule has 0 aromatic rings. The van der Waals surface area contributed by atoms with E-state index in [1.807, 2.05) is 6.92 Å². The number of fused-ring (bicyclic) bond motifs is 1. The van der Waals surface area contributed by atoms with Crippen molar-refractivity contribution in [3.8, 4) is 0 Å². The summed E-state index contributed by atoms with van der Waals surface area (Å²) in [6, 6.07) is 0. The van der Waals surface area contributed by atoms with Gasteiger partial charge in [0.15, 0.2) is 0 Å². The molecule has 0 radical (unpaired) electrons. The second-order valence-corrected chi connectivity index (χ2v) is 3.57. The number of hydrogen-bond donors (Lipinski definition) is 0. The van der Waals surface area contributed by atoms with Crippen molar-refractivity contribution >= 4 is 0 Å². The van der Waals surface area contributed by atoms with Gasteiger partial charge in [-0.3, -0.25) is 0 Å². The van der Waals surface area contributed by atoms with Crippen LogP contribution >= 0.6 is 0 Å². The van der Waals surface area contributed by atoms with E-state index in [2.05, 4.69) is 6.92 Å². The van der Waals surface area contributed by atoms with Crippen molar-refractivity contribution in [3.05, 3.63) is 0 Å². The third-order valence-corrected chi connectivity index (χ3v) is 2.64. The smallest absolute Gasteiger partial charge is 0.112 e. The van der Waals surface area contributed by atoms with Crippen molar-refractivity contribution in [2.75, 3.05) is 19.8 Å². The average Bonchev–Trinajstić information content (AvgIpc) is 2.58. The van der Waals surface area contributed by atoms with Crippen LogP contribution in [-0.4, -0.2) is 38.1 Å². The van der Waals surface area contributed by atoms with E-state index in [0.717, 1.165) is 13.2 Å². The minimum atomic E-state index is 0.171. The van der Waals surface area contributed by atoms with Crippen LogP contribution in [0.2, 0.25) is 0 Å². The first kappa shape index (κ1) is 8.48. The van der Waals surface area contributed by atoms with Gasteiger partial charge in [-0.1, -0.05) is 6.92 Å². The molecular weight excluding hydrogens is 156 g/mol. The third-order valence-electron chi connectivity index (χ3n) is 2.64. The lowest BCUT2D eigenvalue weighted by molar-refractivity contribution is -0.0274. The molecule has 3 nitrogen and oxygen atoms in total. The van der Waals surface area contributed by atoms with Crippen LogP contribution in [0, 0.1) is 5.92 Å². The van der Waals surface area contributed by atoms with E-state index in [9.17, 15) is 0 Å². The molecule has 0 saturated carbocycles.